The van der Waals surface area contributed by atoms with Gasteiger partial charge in [-0.1, -0.05) is 54.6 Å². The number of aliphatic hydroxyl groups is 1. The summed E-state index contributed by atoms with van der Waals surface area (Å²) in [5.74, 6) is 0. The number of aliphatic hydroxyl groups excluding tert-OH is 1. The molecule has 0 amide bonds. The van der Waals surface area contributed by atoms with E-state index in [4.69, 9.17) is 0 Å². The first kappa shape index (κ1) is 12.8. The van der Waals surface area contributed by atoms with E-state index in [2.05, 4.69) is 11.0 Å². The molecule has 0 fully saturated rings. The molecule has 2 nitrogen and oxygen atoms in total. The van der Waals surface area contributed by atoms with E-state index in [-0.39, 0.29) is 0 Å². The van der Waals surface area contributed by atoms with Crippen LogP contribution >= 0.6 is 0 Å². The topological polar surface area (TPSA) is 23.5 Å². The average molecular weight is 241 g/mol. The van der Waals surface area contributed by atoms with Crippen LogP contribution in [0.3, 0.4) is 0 Å². The van der Waals surface area contributed by atoms with E-state index < -0.39 is 6.10 Å². The molecule has 0 saturated heterocycles. The summed E-state index contributed by atoms with van der Waals surface area (Å²) in [7, 11) is 4.07. The molecular weight excluding hydrogens is 222 g/mol. The standard InChI is InChI=1S/C16H19NO/c1-17(2)12-14-10-6-7-11-15(14)16(18)13-8-4-3-5-9-13/h3-11,16,18H,12H2,1-2H3. The molecule has 2 rings (SSSR count). The van der Waals surface area contributed by atoms with Crippen LogP contribution in [0.5, 0.6) is 0 Å². The predicted molar refractivity (Wildman–Crippen MR) is 74.3 cm³/mol. The van der Waals surface area contributed by atoms with Crippen molar-refractivity contribution in [2.45, 2.75) is 12.6 Å². The van der Waals surface area contributed by atoms with Crippen LogP contribution in [0.1, 0.15) is 22.8 Å². The maximum absolute atomic E-state index is 10.5. The molecule has 18 heavy (non-hydrogen) atoms. The van der Waals surface area contributed by atoms with Crippen LogP contribution in [0, 0.1) is 0 Å². The van der Waals surface area contributed by atoms with Gasteiger partial charge in [0.05, 0.1) is 0 Å². The number of nitrogens with zero attached hydrogens (tertiary/aromatic N) is 1. The van der Waals surface area contributed by atoms with Gasteiger partial charge < -0.3 is 10.0 Å². The van der Waals surface area contributed by atoms with Gasteiger partial charge in [-0.2, -0.15) is 0 Å². The summed E-state index contributed by atoms with van der Waals surface area (Å²) >= 11 is 0. The second-order valence-electron chi connectivity index (χ2n) is 4.75. The van der Waals surface area contributed by atoms with E-state index in [0.29, 0.717) is 0 Å². The molecule has 0 aromatic heterocycles. The summed E-state index contributed by atoms with van der Waals surface area (Å²) in [5.41, 5.74) is 3.08. The van der Waals surface area contributed by atoms with Gasteiger partial charge >= 0.3 is 0 Å². The first-order valence-corrected chi connectivity index (χ1v) is 6.14. The Morgan fingerprint density at radius 2 is 1.56 bits per heavy atom. The SMILES string of the molecule is CN(C)Cc1ccccc1C(O)c1ccccc1. The van der Waals surface area contributed by atoms with Crippen LogP contribution in [0.2, 0.25) is 0 Å². The number of hydrogen-bond acceptors (Lipinski definition) is 2. The van der Waals surface area contributed by atoms with Crippen LogP contribution in [0.4, 0.5) is 0 Å². The zero-order chi connectivity index (χ0) is 13.0. The third kappa shape index (κ3) is 2.97. The van der Waals surface area contributed by atoms with Gasteiger partial charge in [0.15, 0.2) is 0 Å². The van der Waals surface area contributed by atoms with Gasteiger partial charge in [-0.05, 0) is 30.8 Å². The van der Waals surface area contributed by atoms with E-state index in [1.165, 1.54) is 5.56 Å². The van der Waals surface area contributed by atoms with Crippen molar-refractivity contribution in [1.29, 1.82) is 0 Å². The molecule has 0 heterocycles. The second-order valence-corrected chi connectivity index (χ2v) is 4.75. The van der Waals surface area contributed by atoms with Crippen LogP contribution in [0.15, 0.2) is 54.6 Å². The Bertz CT molecular complexity index is 493. The number of benzene rings is 2. The molecule has 1 unspecified atom stereocenters. The third-order valence-electron chi connectivity index (χ3n) is 2.95. The molecule has 2 heteroatoms. The molecule has 0 spiro atoms. The highest BCUT2D eigenvalue weighted by Crippen LogP contribution is 2.25. The van der Waals surface area contributed by atoms with Gasteiger partial charge in [0.1, 0.15) is 6.10 Å². The molecule has 2 aromatic carbocycles. The van der Waals surface area contributed by atoms with Crippen molar-refractivity contribution >= 4 is 0 Å². The second kappa shape index (κ2) is 5.80. The van der Waals surface area contributed by atoms with E-state index in [1.807, 2.05) is 62.6 Å². The van der Waals surface area contributed by atoms with Gasteiger partial charge in [-0.3, -0.25) is 0 Å². The van der Waals surface area contributed by atoms with Crippen molar-refractivity contribution in [3.63, 3.8) is 0 Å². The Morgan fingerprint density at radius 1 is 0.944 bits per heavy atom. The molecule has 0 saturated carbocycles. The summed E-state index contributed by atoms with van der Waals surface area (Å²) < 4.78 is 0. The highest BCUT2D eigenvalue weighted by molar-refractivity contribution is 5.35. The quantitative estimate of drug-likeness (QED) is 0.889. The molecule has 0 aliphatic carbocycles. The summed E-state index contributed by atoms with van der Waals surface area (Å²) in [6.07, 6.45) is -0.553. The van der Waals surface area contributed by atoms with E-state index in [0.717, 1.165) is 17.7 Å². The largest absolute Gasteiger partial charge is 0.384 e. The summed E-state index contributed by atoms with van der Waals surface area (Å²) in [5, 5.41) is 10.5. The highest BCUT2D eigenvalue weighted by Gasteiger charge is 2.13. The summed E-state index contributed by atoms with van der Waals surface area (Å²) in [6.45, 7) is 0.833. The van der Waals surface area contributed by atoms with Gasteiger partial charge in [0.2, 0.25) is 0 Å². The fraction of sp³-hybridized carbons (Fsp3) is 0.250. The van der Waals surface area contributed by atoms with Gasteiger partial charge in [-0.15, -0.1) is 0 Å². The fourth-order valence-corrected chi connectivity index (χ4v) is 2.10. The molecule has 1 atom stereocenters. The van der Waals surface area contributed by atoms with Crippen LogP contribution in [0.25, 0.3) is 0 Å². The highest BCUT2D eigenvalue weighted by atomic mass is 16.3. The van der Waals surface area contributed by atoms with Crippen molar-refractivity contribution in [2.75, 3.05) is 14.1 Å². The van der Waals surface area contributed by atoms with Crippen molar-refractivity contribution in [1.82, 2.24) is 4.90 Å². The van der Waals surface area contributed by atoms with E-state index >= 15 is 0 Å². The molecular formula is C16H19NO. The number of hydrogen-bond donors (Lipinski definition) is 1. The van der Waals surface area contributed by atoms with Crippen LogP contribution in [-0.4, -0.2) is 24.1 Å². The third-order valence-corrected chi connectivity index (χ3v) is 2.95. The van der Waals surface area contributed by atoms with Crippen molar-refractivity contribution in [3.05, 3.63) is 71.3 Å². The Hall–Kier alpha value is -1.64. The minimum Gasteiger partial charge on any atom is -0.384 e. The lowest BCUT2D eigenvalue weighted by Crippen LogP contribution is -2.14. The maximum atomic E-state index is 10.5. The Kier molecular flexibility index (Phi) is 4.13. The molecule has 2 aromatic rings. The lowest BCUT2D eigenvalue weighted by molar-refractivity contribution is 0.217. The summed E-state index contributed by atoms with van der Waals surface area (Å²) in [4.78, 5) is 2.11. The minimum absolute atomic E-state index is 0.553. The molecule has 94 valence electrons. The Morgan fingerprint density at radius 3 is 2.22 bits per heavy atom. The van der Waals surface area contributed by atoms with Crippen LogP contribution in [-0.2, 0) is 6.54 Å². The summed E-state index contributed by atoms with van der Waals surface area (Å²) in [6, 6.07) is 17.8. The Labute approximate surface area is 109 Å². The predicted octanol–water partition coefficient (Wildman–Crippen LogP) is 2.83. The van der Waals surface area contributed by atoms with Gasteiger partial charge in [0.25, 0.3) is 0 Å². The molecule has 0 aliphatic heterocycles. The first-order chi connectivity index (χ1) is 8.68. The molecule has 0 bridgehead atoms. The smallest absolute Gasteiger partial charge is 0.104 e. The first-order valence-electron chi connectivity index (χ1n) is 6.14. The number of rotatable bonds is 4. The van der Waals surface area contributed by atoms with Crippen molar-refractivity contribution < 1.29 is 5.11 Å². The van der Waals surface area contributed by atoms with Crippen molar-refractivity contribution in [2.24, 2.45) is 0 Å². The lowest BCUT2D eigenvalue weighted by atomic mass is 9.96. The molecule has 0 aliphatic rings. The molecule has 1 N–H and O–H groups in total. The zero-order valence-corrected chi connectivity index (χ0v) is 10.9. The van der Waals surface area contributed by atoms with Gasteiger partial charge in [-0.25, -0.2) is 0 Å². The van der Waals surface area contributed by atoms with Crippen molar-refractivity contribution in [3.8, 4) is 0 Å². The zero-order valence-electron chi connectivity index (χ0n) is 10.9. The van der Waals surface area contributed by atoms with E-state index in [1.54, 1.807) is 0 Å². The fourth-order valence-electron chi connectivity index (χ4n) is 2.10. The van der Waals surface area contributed by atoms with Gasteiger partial charge in [0, 0.05) is 6.54 Å². The lowest BCUT2D eigenvalue weighted by Gasteiger charge is -2.18. The normalized spacial score (nSPS) is 12.7. The minimum atomic E-state index is -0.553. The molecule has 0 radical (unpaired) electrons. The Balaban J connectivity index is 2.33. The van der Waals surface area contributed by atoms with E-state index in [9.17, 15) is 5.11 Å². The average Bonchev–Trinajstić information content (AvgIpc) is 2.39. The monoisotopic (exact) mass is 241 g/mol. The maximum Gasteiger partial charge on any atom is 0.104 e. The van der Waals surface area contributed by atoms with Crippen LogP contribution < -0.4 is 0 Å².